The van der Waals surface area contributed by atoms with Gasteiger partial charge in [0.15, 0.2) is 23.5 Å². The van der Waals surface area contributed by atoms with Gasteiger partial charge in [-0.2, -0.15) is 0 Å². The molecule has 10 atom stereocenters. The van der Waals surface area contributed by atoms with Crippen LogP contribution in [0.4, 0.5) is 0 Å². The van der Waals surface area contributed by atoms with Crippen molar-refractivity contribution in [2.24, 2.45) is 5.92 Å². The number of phenols is 4. The number of hydrogen-bond donors (Lipinski definition) is 10. The van der Waals surface area contributed by atoms with Gasteiger partial charge in [-0.15, -0.1) is 0 Å². The first-order valence-electron chi connectivity index (χ1n) is 13.4. The van der Waals surface area contributed by atoms with Crippen LogP contribution in [0, 0.1) is 5.92 Å². The molecule has 10 unspecified atom stereocenters. The molecule has 1 aliphatic carbocycles. The molecular formula is C28H32O15. The number of ether oxygens (including phenoxy) is 3. The summed E-state index contributed by atoms with van der Waals surface area (Å²) in [5.74, 6) is -4.19. The summed E-state index contributed by atoms with van der Waals surface area (Å²) >= 11 is 0. The Hall–Kier alpha value is -3.67. The van der Waals surface area contributed by atoms with E-state index in [1.54, 1.807) is 0 Å². The van der Waals surface area contributed by atoms with Crippen molar-refractivity contribution in [3.63, 3.8) is 0 Å². The fraction of sp³-hybridized carbons (Fsp3) is 0.464. The molecule has 10 N–H and O–H groups in total. The molecule has 15 heteroatoms. The van der Waals surface area contributed by atoms with E-state index >= 15 is 0 Å². The molecule has 1 aromatic heterocycles. The van der Waals surface area contributed by atoms with Gasteiger partial charge in [-0.25, -0.2) is 0 Å². The van der Waals surface area contributed by atoms with Gasteiger partial charge in [0.1, 0.15) is 53.0 Å². The standard InChI is InChI=1S/C28H32O15/c1-9-20(34)24(38)25(39)28(41-9)40-8-12-17(7-16(33)22(36)21(12)35)42-27-23(37)19-15(32)5-11(29)6-18(19)43-26(27)10-2-3-13(30)14(31)4-10/h2-6,9,12,16-17,20-22,24-25,28-36,38-39H,7-8H2,1H3. The molecule has 1 saturated heterocycles. The Morgan fingerprint density at radius 3 is 2.26 bits per heavy atom. The maximum Gasteiger partial charge on any atom is 0.239 e. The minimum Gasteiger partial charge on any atom is -0.508 e. The maximum atomic E-state index is 13.7. The highest BCUT2D eigenvalue weighted by Gasteiger charge is 2.47. The molecule has 43 heavy (non-hydrogen) atoms. The topological polar surface area (TPSA) is 260 Å². The molecule has 2 aromatic carbocycles. The molecule has 3 aromatic rings. The summed E-state index contributed by atoms with van der Waals surface area (Å²) in [6.07, 6.45) is -13.6. The van der Waals surface area contributed by atoms with E-state index in [1.165, 1.54) is 13.0 Å². The average molecular weight is 609 g/mol. The van der Waals surface area contributed by atoms with E-state index in [0.29, 0.717) is 0 Å². The highest BCUT2D eigenvalue weighted by atomic mass is 16.7. The number of aliphatic hydroxyl groups is 6. The molecule has 1 aliphatic heterocycles. The Labute approximate surface area is 242 Å². The van der Waals surface area contributed by atoms with Crippen LogP contribution in [-0.2, 0) is 9.47 Å². The molecule has 2 aliphatic rings. The second-order valence-electron chi connectivity index (χ2n) is 10.8. The molecule has 15 nitrogen and oxygen atoms in total. The van der Waals surface area contributed by atoms with Gasteiger partial charge in [0, 0.05) is 30.0 Å². The summed E-state index contributed by atoms with van der Waals surface area (Å²) in [5, 5.41) is 102. The Kier molecular flexibility index (Phi) is 8.43. The number of hydrogen-bond acceptors (Lipinski definition) is 15. The van der Waals surface area contributed by atoms with E-state index in [1.807, 2.05) is 0 Å². The summed E-state index contributed by atoms with van der Waals surface area (Å²) in [5.41, 5.74) is -1.17. The lowest BCUT2D eigenvalue weighted by atomic mass is 9.80. The monoisotopic (exact) mass is 608 g/mol. The second kappa shape index (κ2) is 11.8. The molecule has 0 spiro atoms. The Morgan fingerprint density at radius 2 is 1.56 bits per heavy atom. The Morgan fingerprint density at radius 1 is 0.837 bits per heavy atom. The number of aliphatic hydroxyl groups excluding tert-OH is 6. The number of fused-ring (bicyclic) bond motifs is 1. The zero-order chi connectivity index (χ0) is 31.3. The number of rotatable bonds is 6. The van der Waals surface area contributed by atoms with Gasteiger partial charge in [0.2, 0.25) is 11.2 Å². The fourth-order valence-electron chi connectivity index (χ4n) is 5.33. The Bertz CT molecular complexity index is 1540. The van der Waals surface area contributed by atoms with Crippen molar-refractivity contribution < 1.29 is 69.7 Å². The zero-order valence-corrected chi connectivity index (χ0v) is 22.6. The first-order valence-corrected chi connectivity index (χ1v) is 13.4. The summed E-state index contributed by atoms with van der Waals surface area (Å²) < 4.78 is 22.9. The van der Waals surface area contributed by atoms with Crippen LogP contribution in [0.3, 0.4) is 0 Å². The van der Waals surface area contributed by atoms with Crippen molar-refractivity contribution in [3.8, 4) is 40.1 Å². The lowest BCUT2D eigenvalue weighted by molar-refractivity contribution is -0.300. The zero-order valence-electron chi connectivity index (χ0n) is 22.6. The number of phenolic OH excluding ortho intramolecular Hbond substituents is 4. The molecule has 2 heterocycles. The van der Waals surface area contributed by atoms with Gasteiger partial charge >= 0.3 is 0 Å². The lowest BCUT2D eigenvalue weighted by Crippen LogP contribution is -2.59. The minimum atomic E-state index is -1.69. The van der Waals surface area contributed by atoms with Gasteiger partial charge in [-0.1, -0.05) is 0 Å². The molecular weight excluding hydrogens is 576 g/mol. The van der Waals surface area contributed by atoms with Crippen molar-refractivity contribution in [1.82, 2.24) is 0 Å². The summed E-state index contributed by atoms with van der Waals surface area (Å²) in [4.78, 5) is 13.7. The smallest absolute Gasteiger partial charge is 0.239 e. The van der Waals surface area contributed by atoms with Crippen molar-refractivity contribution in [1.29, 1.82) is 0 Å². The van der Waals surface area contributed by atoms with Gasteiger partial charge in [-0.3, -0.25) is 4.79 Å². The minimum absolute atomic E-state index is 0.0251. The molecule has 5 rings (SSSR count). The van der Waals surface area contributed by atoms with Gasteiger partial charge in [-0.05, 0) is 25.1 Å². The third-order valence-corrected chi connectivity index (χ3v) is 7.82. The molecule has 1 saturated carbocycles. The first-order chi connectivity index (χ1) is 20.3. The van der Waals surface area contributed by atoms with Crippen molar-refractivity contribution in [2.75, 3.05) is 6.61 Å². The summed E-state index contributed by atoms with van der Waals surface area (Å²) in [6, 6.07) is 5.42. The van der Waals surface area contributed by atoms with Gasteiger partial charge in [0.25, 0.3) is 0 Å². The Balaban J connectivity index is 1.55. The third-order valence-electron chi connectivity index (χ3n) is 7.82. The third kappa shape index (κ3) is 5.69. The van der Waals surface area contributed by atoms with E-state index < -0.39 is 102 Å². The lowest BCUT2D eigenvalue weighted by Gasteiger charge is -2.43. The van der Waals surface area contributed by atoms with Crippen LogP contribution in [0.15, 0.2) is 39.5 Å². The van der Waals surface area contributed by atoms with Crippen LogP contribution in [0.5, 0.6) is 28.7 Å². The highest BCUT2D eigenvalue weighted by molar-refractivity contribution is 5.88. The van der Waals surface area contributed by atoms with Crippen LogP contribution in [0.25, 0.3) is 22.3 Å². The van der Waals surface area contributed by atoms with Crippen molar-refractivity contribution in [3.05, 3.63) is 40.6 Å². The number of aromatic hydroxyl groups is 4. The summed E-state index contributed by atoms with van der Waals surface area (Å²) in [6.45, 7) is 0.939. The molecule has 2 fully saturated rings. The molecule has 0 bridgehead atoms. The van der Waals surface area contributed by atoms with Crippen LogP contribution < -0.4 is 10.2 Å². The van der Waals surface area contributed by atoms with Crippen LogP contribution >= 0.6 is 0 Å². The quantitative estimate of drug-likeness (QED) is 0.150. The van der Waals surface area contributed by atoms with Crippen LogP contribution in [-0.4, -0.2) is 113 Å². The van der Waals surface area contributed by atoms with E-state index in [2.05, 4.69) is 0 Å². The predicted molar refractivity (Wildman–Crippen MR) is 143 cm³/mol. The summed E-state index contributed by atoms with van der Waals surface area (Å²) in [7, 11) is 0. The maximum absolute atomic E-state index is 13.7. The van der Waals surface area contributed by atoms with Crippen LogP contribution in [0.2, 0.25) is 0 Å². The molecule has 0 amide bonds. The van der Waals surface area contributed by atoms with E-state index in [0.717, 1.165) is 24.3 Å². The average Bonchev–Trinajstić information content (AvgIpc) is 2.95. The largest absolute Gasteiger partial charge is 0.508 e. The van der Waals surface area contributed by atoms with Crippen LogP contribution in [0.1, 0.15) is 13.3 Å². The molecule has 234 valence electrons. The predicted octanol–water partition coefficient (Wildman–Crippen LogP) is -1.02. The van der Waals surface area contributed by atoms with Crippen molar-refractivity contribution in [2.45, 2.75) is 68.5 Å². The SMILES string of the molecule is CC1OC(OCC2C(Oc3c(-c4ccc(O)c(O)c4)oc4cc(O)cc(O)c4c3=O)CC(O)C(O)C2O)C(O)C(O)C1O. The highest BCUT2D eigenvalue weighted by Crippen LogP contribution is 2.40. The second-order valence-corrected chi connectivity index (χ2v) is 10.8. The van der Waals surface area contributed by atoms with Gasteiger partial charge in [0.05, 0.1) is 24.9 Å². The first kappa shape index (κ1) is 30.8. The van der Waals surface area contributed by atoms with E-state index in [4.69, 9.17) is 18.6 Å². The van der Waals surface area contributed by atoms with Gasteiger partial charge < -0.3 is 69.7 Å². The van der Waals surface area contributed by atoms with E-state index in [9.17, 15) is 55.9 Å². The van der Waals surface area contributed by atoms with Crippen molar-refractivity contribution >= 4 is 11.0 Å². The normalized spacial score (nSPS) is 33.0. The fourth-order valence-corrected chi connectivity index (χ4v) is 5.33. The molecule has 0 radical (unpaired) electrons. The number of benzene rings is 2. The van der Waals surface area contributed by atoms with E-state index in [-0.39, 0.29) is 28.7 Å².